The van der Waals surface area contributed by atoms with Gasteiger partial charge in [0, 0.05) is 17.1 Å². The molecule has 22 heavy (non-hydrogen) atoms. The highest BCUT2D eigenvalue weighted by Crippen LogP contribution is 2.41. The summed E-state index contributed by atoms with van der Waals surface area (Å²) in [6.45, 7) is 8.14. The number of aromatic amines is 1. The number of aryl methyl sites for hydroxylation is 2. The molecule has 116 valence electrons. The number of H-pyrrole nitrogens is 1. The monoisotopic (exact) mass is 300 g/mol. The molecule has 1 aromatic heterocycles. The molecule has 3 rings (SSSR count). The molecule has 1 atom stereocenters. The zero-order valence-corrected chi connectivity index (χ0v) is 13.4. The topological polar surface area (TPSA) is 44.9 Å². The molecule has 1 unspecified atom stereocenters. The van der Waals surface area contributed by atoms with Crippen molar-refractivity contribution < 1.29 is 9.18 Å². The van der Waals surface area contributed by atoms with Crippen molar-refractivity contribution in [2.24, 2.45) is 0 Å². The molecule has 2 aromatic rings. The Hall–Kier alpha value is -2.10. The fourth-order valence-corrected chi connectivity index (χ4v) is 3.26. The molecule has 3 nitrogen and oxygen atoms in total. The van der Waals surface area contributed by atoms with Gasteiger partial charge in [0.15, 0.2) is 0 Å². The van der Waals surface area contributed by atoms with E-state index in [0.717, 1.165) is 23.4 Å². The number of hydrogen-bond donors (Lipinski definition) is 2. The van der Waals surface area contributed by atoms with Crippen LogP contribution in [-0.4, -0.2) is 10.9 Å². The van der Waals surface area contributed by atoms with Gasteiger partial charge in [0.25, 0.3) is 0 Å². The number of benzene rings is 1. The zero-order valence-electron chi connectivity index (χ0n) is 13.4. The summed E-state index contributed by atoms with van der Waals surface area (Å²) in [5.41, 5.74) is 5.64. The summed E-state index contributed by atoms with van der Waals surface area (Å²) < 4.78 is 13.6. The van der Waals surface area contributed by atoms with Crippen LogP contribution in [0.1, 0.15) is 41.4 Å². The molecule has 4 heteroatoms. The van der Waals surface area contributed by atoms with E-state index < -0.39 is 5.41 Å². The summed E-state index contributed by atoms with van der Waals surface area (Å²) in [5, 5.41) is 2.87. The smallest absolute Gasteiger partial charge is 0.234 e. The van der Waals surface area contributed by atoms with Crippen LogP contribution in [0.5, 0.6) is 0 Å². The number of aromatic nitrogens is 1. The van der Waals surface area contributed by atoms with Crippen LogP contribution in [-0.2, 0) is 16.6 Å². The van der Waals surface area contributed by atoms with E-state index in [1.807, 2.05) is 6.92 Å². The first-order valence-corrected chi connectivity index (χ1v) is 7.59. The first-order chi connectivity index (χ1) is 10.3. The van der Waals surface area contributed by atoms with Gasteiger partial charge in [0.2, 0.25) is 5.91 Å². The molecule has 2 N–H and O–H groups in total. The van der Waals surface area contributed by atoms with Crippen LogP contribution in [0.4, 0.5) is 10.1 Å². The molecule has 0 saturated carbocycles. The molecule has 2 heterocycles. The van der Waals surface area contributed by atoms with Gasteiger partial charge in [-0.15, -0.1) is 0 Å². The minimum atomic E-state index is -0.684. The molecule has 1 amide bonds. The highest BCUT2D eigenvalue weighted by molar-refractivity contribution is 6.05. The Balaban J connectivity index is 1.90. The van der Waals surface area contributed by atoms with Gasteiger partial charge in [-0.2, -0.15) is 0 Å². The molecule has 0 fully saturated rings. The van der Waals surface area contributed by atoms with Crippen LogP contribution in [0.2, 0.25) is 0 Å². The lowest BCUT2D eigenvalue weighted by Crippen LogP contribution is -2.31. The SMILES string of the molecule is Cc1[nH]c(CCC2(C)C(=O)Nc3ccc(F)cc32)c(C)c1C. The highest BCUT2D eigenvalue weighted by atomic mass is 19.1. The van der Waals surface area contributed by atoms with E-state index in [-0.39, 0.29) is 11.7 Å². The summed E-state index contributed by atoms with van der Waals surface area (Å²) in [6.07, 6.45) is 1.41. The number of anilines is 1. The van der Waals surface area contributed by atoms with Crippen molar-refractivity contribution in [3.63, 3.8) is 0 Å². The van der Waals surface area contributed by atoms with E-state index in [4.69, 9.17) is 0 Å². The predicted octanol–water partition coefficient (Wildman–Crippen LogP) is 3.92. The zero-order chi connectivity index (χ0) is 16.1. The average molecular weight is 300 g/mol. The predicted molar refractivity (Wildman–Crippen MR) is 85.7 cm³/mol. The molecular weight excluding hydrogens is 279 g/mol. The number of carbonyl (C=O) groups is 1. The number of carbonyl (C=O) groups excluding carboxylic acids is 1. The fraction of sp³-hybridized carbons (Fsp3) is 0.389. The molecular formula is C18H21FN2O. The second-order valence-electron chi connectivity index (χ2n) is 6.45. The highest BCUT2D eigenvalue weighted by Gasteiger charge is 2.42. The number of halogens is 1. The van der Waals surface area contributed by atoms with Gasteiger partial charge >= 0.3 is 0 Å². The summed E-state index contributed by atoms with van der Waals surface area (Å²) in [6, 6.07) is 4.50. The summed E-state index contributed by atoms with van der Waals surface area (Å²) >= 11 is 0. The lowest BCUT2D eigenvalue weighted by molar-refractivity contribution is -0.120. The van der Waals surface area contributed by atoms with E-state index in [0.29, 0.717) is 6.42 Å². The van der Waals surface area contributed by atoms with Crippen molar-refractivity contribution >= 4 is 11.6 Å². The minimum absolute atomic E-state index is 0.0502. The standard InChI is InChI=1S/C18H21FN2O/c1-10-11(2)15(20-12(10)3)7-8-18(4)14-9-13(19)5-6-16(14)21-17(18)22/h5-6,9,20H,7-8H2,1-4H3,(H,21,22). The Kier molecular flexibility index (Phi) is 3.35. The first kappa shape index (κ1) is 14.8. The molecule has 0 saturated heterocycles. The van der Waals surface area contributed by atoms with E-state index in [9.17, 15) is 9.18 Å². The Morgan fingerprint density at radius 1 is 1.18 bits per heavy atom. The number of nitrogens with one attached hydrogen (secondary N) is 2. The van der Waals surface area contributed by atoms with Crippen molar-refractivity contribution in [1.82, 2.24) is 4.98 Å². The number of fused-ring (bicyclic) bond motifs is 1. The van der Waals surface area contributed by atoms with Crippen LogP contribution in [0, 0.1) is 26.6 Å². The largest absolute Gasteiger partial charge is 0.362 e. The average Bonchev–Trinajstić information content (AvgIpc) is 2.87. The second-order valence-corrected chi connectivity index (χ2v) is 6.45. The van der Waals surface area contributed by atoms with Crippen molar-refractivity contribution in [3.05, 3.63) is 52.1 Å². The normalized spacial score (nSPS) is 20.1. The van der Waals surface area contributed by atoms with Crippen molar-refractivity contribution in [1.29, 1.82) is 0 Å². The summed E-state index contributed by atoms with van der Waals surface area (Å²) in [7, 11) is 0. The Labute approximate surface area is 129 Å². The quantitative estimate of drug-likeness (QED) is 0.886. The summed E-state index contributed by atoms with van der Waals surface area (Å²) in [4.78, 5) is 15.8. The Morgan fingerprint density at radius 3 is 2.55 bits per heavy atom. The van der Waals surface area contributed by atoms with Crippen LogP contribution in [0.15, 0.2) is 18.2 Å². The van der Waals surface area contributed by atoms with Crippen LogP contribution in [0.25, 0.3) is 0 Å². The molecule has 0 spiro atoms. The molecule has 1 aliphatic rings. The van der Waals surface area contributed by atoms with Gasteiger partial charge < -0.3 is 10.3 Å². The van der Waals surface area contributed by atoms with Crippen molar-refractivity contribution in [2.75, 3.05) is 5.32 Å². The third-order valence-corrected chi connectivity index (χ3v) is 5.12. The third-order valence-electron chi connectivity index (χ3n) is 5.12. The van der Waals surface area contributed by atoms with Gasteiger partial charge in [-0.1, -0.05) is 0 Å². The van der Waals surface area contributed by atoms with Crippen LogP contribution in [0.3, 0.4) is 0 Å². The second kappa shape index (κ2) is 4.97. The lowest BCUT2D eigenvalue weighted by Gasteiger charge is -2.22. The lowest BCUT2D eigenvalue weighted by atomic mass is 9.79. The van der Waals surface area contributed by atoms with E-state index in [2.05, 4.69) is 31.1 Å². The van der Waals surface area contributed by atoms with Gasteiger partial charge in [-0.3, -0.25) is 4.79 Å². The van der Waals surface area contributed by atoms with Crippen molar-refractivity contribution in [3.8, 4) is 0 Å². The molecule has 1 aromatic carbocycles. The van der Waals surface area contributed by atoms with Gasteiger partial charge in [0.1, 0.15) is 5.82 Å². The maximum atomic E-state index is 13.6. The third kappa shape index (κ3) is 2.14. The molecule has 0 radical (unpaired) electrons. The van der Waals surface area contributed by atoms with Gasteiger partial charge in [0.05, 0.1) is 5.41 Å². The summed E-state index contributed by atoms with van der Waals surface area (Å²) in [5.74, 6) is -0.352. The number of amides is 1. The molecule has 1 aliphatic heterocycles. The van der Waals surface area contributed by atoms with Crippen LogP contribution >= 0.6 is 0 Å². The van der Waals surface area contributed by atoms with Crippen LogP contribution < -0.4 is 5.32 Å². The number of rotatable bonds is 3. The molecule has 0 bridgehead atoms. The Morgan fingerprint density at radius 2 is 1.91 bits per heavy atom. The van der Waals surface area contributed by atoms with Crippen molar-refractivity contribution in [2.45, 2.75) is 46.0 Å². The minimum Gasteiger partial charge on any atom is -0.362 e. The van der Waals surface area contributed by atoms with Gasteiger partial charge in [-0.25, -0.2) is 4.39 Å². The van der Waals surface area contributed by atoms with Gasteiger partial charge in [-0.05, 0) is 75.4 Å². The fourth-order valence-electron chi connectivity index (χ4n) is 3.26. The number of hydrogen-bond acceptors (Lipinski definition) is 1. The maximum absolute atomic E-state index is 13.6. The van der Waals surface area contributed by atoms with E-state index in [1.54, 1.807) is 6.07 Å². The van der Waals surface area contributed by atoms with E-state index >= 15 is 0 Å². The molecule has 0 aliphatic carbocycles. The maximum Gasteiger partial charge on any atom is 0.234 e. The first-order valence-electron chi connectivity index (χ1n) is 7.59. The van der Waals surface area contributed by atoms with E-state index in [1.165, 1.54) is 29.0 Å². The Bertz CT molecular complexity index is 763.